The van der Waals surface area contributed by atoms with Crippen LogP contribution in [0, 0.1) is 0 Å². The van der Waals surface area contributed by atoms with Crippen molar-refractivity contribution in [3.63, 3.8) is 0 Å². The molecule has 0 bridgehead atoms. The summed E-state index contributed by atoms with van der Waals surface area (Å²) in [4.78, 5) is 33.9. The lowest BCUT2D eigenvalue weighted by Gasteiger charge is -2.27. The van der Waals surface area contributed by atoms with Crippen LogP contribution in [0.4, 0.5) is 11.5 Å². The molecule has 2 fully saturated rings. The molecule has 3 aromatic heterocycles. The molecule has 0 radical (unpaired) electrons. The minimum Gasteiger partial charge on any atom is -0.379 e. The van der Waals surface area contributed by atoms with Gasteiger partial charge in [-0.3, -0.25) is 9.78 Å². The summed E-state index contributed by atoms with van der Waals surface area (Å²) >= 11 is 0. The van der Waals surface area contributed by atoms with Gasteiger partial charge in [-0.2, -0.15) is 0 Å². The van der Waals surface area contributed by atoms with Gasteiger partial charge in [-0.05, 0) is 49.2 Å². The van der Waals surface area contributed by atoms with Gasteiger partial charge in [0.25, 0.3) is 5.91 Å². The molecule has 1 atom stereocenters. The summed E-state index contributed by atoms with van der Waals surface area (Å²) in [7, 11) is -3.60. The average Bonchev–Trinajstić information content (AvgIpc) is 3.64. The molecule has 1 aromatic carbocycles. The topological polar surface area (TPSA) is 145 Å². The molecule has 224 valence electrons. The first-order chi connectivity index (χ1) is 20.7. The number of morpholine rings is 1. The highest BCUT2D eigenvalue weighted by atomic mass is 32.2. The molecular formula is C30H34N8O4S. The SMILES string of the molecule is C=CS(=O)(=O)NC1(C)CCN(C(=O)c2ccnc(CNc3ccc(-c4cc5c(N6CCOCC6)ncnc5[nH]4)cc3)c2)C1. The second-order valence-corrected chi connectivity index (χ2v) is 12.7. The van der Waals surface area contributed by atoms with Crippen LogP contribution in [0.3, 0.4) is 0 Å². The number of anilines is 2. The van der Waals surface area contributed by atoms with Gasteiger partial charge in [-0.1, -0.05) is 18.7 Å². The molecule has 6 rings (SSSR count). The summed E-state index contributed by atoms with van der Waals surface area (Å²) in [5, 5.41) is 5.25. The highest BCUT2D eigenvalue weighted by Gasteiger charge is 2.38. The van der Waals surface area contributed by atoms with Crippen molar-refractivity contribution in [2.45, 2.75) is 25.4 Å². The fourth-order valence-electron chi connectivity index (χ4n) is 5.56. The third kappa shape index (κ3) is 6.38. The Labute approximate surface area is 250 Å². The molecule has 2 aliphatic heterocycles. The average molecular weight is 603 g/mol. The minimum absolute atomic E-state index is 0.158. The number of H-pyrrole nitrogens is 1. The number of aromatic amines is 1. The Morgan fingerprint density at radius 2 is 1.91 bits per heavy atom. The van der Waals surface area contributed by atoms with E-state index in [4.69, 9.17) is 4.74 Å². The zero-order valence-electron chi connectivity index (χ0n) is 23.9. The number of rotatable bonds is 9. The van der Waals surface area contributed by atoms with Crippen LogP contribution in [0.15, 0.2) is 67.0 Å². The number of ether oxygens (including phenoxy) is 1. The number of pyridine rings is 1. The summed E-state index contributed by atoms with van der Waals surface area (Å²) in [6, 6.07) is 13.6. The second-order valence-electron chi connectivity index (χ2n) is 11.1. The van der Waals surface area contributed by atoms with Gasteiger partial charge >= 0.3 is 0 Å². The number of benzene rings is 1. The van der Waals surface area contributed by atoms with Crippen LogP contribution in [0.2, 0.25) is 0 Å². The maximum atomic E-state index is 13.2. The van der Waals surface area contributed by atoms with Gasteiger partial charge in [0.1, 0.15) is 17.8 Å². The molecule has 5 heterocycles. The van der Waals surface area contributed by atoms with E-state index in [2.05, 4.69) is 47.5 Å². The normalized spacial score (nSPS) is 19.1. The molecular weight excluding hydrogens is 568 g/mol. The highest BCUT2D eigenvalue weighted by Crippen LogP contribution is 2.30. The molecule has 0 spiro atoms. The fourth-order valence-corrected chi connectivity index (χ4v) is 6.50. The first kappa shape index (κ1) is 28.8. The van der Waals surface area contributed by atoms with Crippen LogP contribution in [0.25, 0.3) is 22.3 Å². The monoisotopic (exact) mass is 602 g/mol. The van der Waals surface area contributed by atoms with Gasteiger partial charge in [0.2, 0.25) is 10.0 Å². The molecule has 13 heteroatoms. The molecule has 43 heavy (non-hydrogen) atoms. The number of hydrogen-bond donors (Lipinski definition) is 3. The second kappa shape index (κ2) is 11.7. The summed E-state index contributed by atoms with van der Waals surface area (Å²) in [6.07, 6.45) is 3.72. The van der Waals surface area contributed by atoms with Crippen LogP contribution >= 0.6 is 0 Å². The smallest absolute Gasteiger partial charge is 0.254 e. The standard InChI is InChI=1S/C30H34N8O4S/c1-3-43(40,41)36-30(2)9-11-38(19-30)29(39)22-8-10-31-24(16-22)18-32-23-6-4-21(5-7-23)26-17-25-27(35-26)33-20-34-28(25)37-12-14-42-15-13-37/h3-8,10,16-17,20,32,36H,1,9,11-15,18-19H2,2H3,(H,33,34,35). The Balaban J connectivity index is 1.09. The van der Waals surface area contributed by atoms with Crippen molar-refractivity contribution in [3.05, 3.63) is 78.2 Å². The summed E-state index contributed by atoms with van der Waals surface area (Å²) < 4.78 is 32.1. The van der Waals surface area contributed by atoms with Crippen molar-refractivity contribution in [3.8, 4) is 11.3 Å². The summed E-state index contributed by atoms with van der Waals surface area (Å²) in [5.74, 6) is 0.757. The van der Waals surface area contributed by atoms with E-state index in [0.29, 0.717) is 44.0 Å². The van der Waals surface area contributed by atoms with E-state index < -0.39 is 15.6 Å². The predicted molar refractivity (Wildman–Crippen MR) is 165 cm³/mol. The van der Waals surface area contributed by atoms with Crippen LogP contribution < -0.4 is 14.9 Å². The van der Waals surface area contributed by atoms with Crippen molar-refractivity contribution >= 4 is 38.5 Å². The molecule has 2 aliphatic rings. The van der Waals surface area contributed by atoms with Crippen molar-refractivity contribution in [1.29, 1.82) is 0 Å². The van der Waals surface area contributed by atoms with Gasteiger partial charge in [0.05, 0.1) is 30.8 Å². The van der Waals surface area contributed by atoms with E-state index in [1.165, 1.54) is 0 Å². The largest absolute Gasteiger partial charge is 0.379 e. The van der Waals surface area contributed by atoms with Crippen LogP contribution in [-0.4, -0.2) is 84.1 Å². The predicted octanol–water partition coefficient (Wildman–Crippen LogP) is 3.14. The number of nitrogens with zero attached hydrogens (tertiary/aromatic N) is 5. The number of amides is 1. The molecule has 1 amide bonds. The van der Waals surface area contributed by atoms with E-state index in [0.717, 1.165) is 52.3 Å². The Hall–Kier alpha value is -4.33. The minimum atomic E-state index is -3.60. The molecule has 12 nitrogen and oxygen atoms in total. The van der Waals surface area contributed by atoms with E-state index in [1.54, 1.807) is 36.5 Å². The quantitative estimate of drug-likeness (QED) is 0.263. The third-order valence-corrected chi connectivity index (χ3v) is 9.03. The Bertz CT molecular complexity index is 1750. The van der Waals surface area contributed by atoms with Gasteiger partial charge in [0, 0.05) is 60.3 Å². The number of aromatic nitrogens is 4. The molecule has 2 saturated heterocycles. The molecule has 0 saturated carbocycles. The third-order valence-electron chi connectivity index (χ3n) is 7.82. The number of likely N-dealkylation sites (tertiary alicyclic amines) is 1. The van der Waals surface area contributed by atoms with E-state index in [-0.39, 0.29) is 12.5 Å². The maximum absolute atomic E-state index is 13.2. The molecule has 3 N–H and O–H groups in total. The zero-order chi connectivity index (χ0) is 30.0. The molecule has 0 aliphatic carbocycles. The molecule has 1 unspecified atom stereocenters. The van der Waals surface area contributed by atoms with Crippen molar-refractivity contribution in [1.82, 2.24) is 29.6 Å². The van der Waals surface area contributed by atoms with Crippen molar-refractivity contribution in [2.24, 2.45) is 0 Å². The number of carbonyl (C=O) groups excluding carboxylic acids is 1. The number of carbonyl (C=O) groups is 1. The van der Waals surface area contributed by atoms with E-state index >= 15 is 0 Å². The van der Waals surface area contributed by atoms with Crippen LogP contribution in [-0.2, 0) is 21.3 Å². The fraction of sp³-hybridized carbons (Fsp3) is 0.333. The van der Waals surface area contributed by atoms with Gasteiger partial charge in [-0.25, -0.2) is 23.1 Å². The summed E-state index contributed by atoms with van der Waals surface area (Å²) in [6.45, 7) is 9.28. The Morgan fingerprint density at radius 3 is 2.67 bits per heavy atom. The van der Waals surface area contributed by atoms with Gasteiger partial charge < -0.3 is 24.8 Å². The van der Waals surface area contributed by atoms with E-state index in [9.17, 15) is 13.2 Å². The number of sulfonamides is 1. The zero-order valence-corrected chi connectivity index (χ0v) is 24.7. The lowest BCUT2D eigenvalue weighted by Crippen LogP contribution is -2.47. The highest BCUT2D eigenvalue weighted by molar-refractivity contribution is 7.92. The maximum Gasteiger partial charge on any atom is 0.254 e. The van der Waals surface area contributed by atoms with E-state index in [1.807, 2.05) is 24.3 Å². The first-order valence-electron chi connectivity index (χ1n) is 14.1. The molecule has 4 aromatic rings. The van der Waals surface area contributed by atoms with Gasteiger partial charge in [-0.15, -0.1) is 0 Å². The Morgan fingerprint density at radius 1 is 1.12 bits per heavy atom. The van der Waals surface area contributed by atoms with Gasteiger partial charge in [0.15, 0.2) is 0 Å². The Kier molecular flexibility index (Phi) is 7.86. The summed E-state index contributed by atoms with van der Waals surface area (Å²) in [5.41, 5.74) is 4.18. The van der Waals surface area contributed by atoms with Crippen molar-refractivity contribution < 1.29 is 17.9 Å². The van der Waals surface area contributed by atoms with Crippen LogP contribution in [0.5, 0.6) is 0 Å². The van der Waals surface area contributed by atoms with Crippen molar-refractivity contribution in [2.75, 3.05) is 49.6 Å². The first-order valence-corrected chi connectivity index (χ1v) is 15.7. The number of hydrogen-bond acceptors (Lipinski definition) is 9. The lowest BCUT2D eigenvalue weighted by molar-refractivity contribution is 0.0783. The number of fused-ring (bicyclic) bond motifs is 1. The van der Waals surface area contributed by atoms with Crippen LogP contribution in [0.1, 0.15) is 29.4 Å². The lowest BCUT2D eigenvalue weighted by atomic mass is 10.0. The number of nitrogens with one attached hydrogen (secondary N) is 3.